The smallest absolute Gasteiger partial charge is 0.423 e. The van der Waals surface area contributed by atoms with Gasteiger partial charge in [0.25, 0.3) is 11.8 Å². The zero-order valence-corrected chi connectivity index (χ0v) is 23.6. The van der Waals surface area contributed by atoms with E-state index in [9.17, 15) is 53.9 Å². The lowest BCUT2D eigenvalue weighted by atomic mass is 9.95. The Kier molecular flexibility index (Phi) is 11.4. The van der Waals surface area contributed by atoms with Gasteiger partial charge in [0.1, 0.15) is 24.3 Å². The Labute approximate surface area is 255 Å². The summed E-state index contributed by atoms with van der Waals surface area (Å²) < 4.78 is 136. The van der Waals surface area contributed by atoms with Gasteiger partial charge in [-0.2, -0.15) is 39.5 Å². The molecular formula is C24H16Cl3F10N3O4. The van der Waals surface area contributed by atoms with E-state index in [1.807, 2.05) is 0 Å². The molecule has 20 heteroatoms. The third-order valence-electron chi connectivity index (χ3n) is 5.43. The first-order chi connectivity index (χ1) is 19.9. The molecule has 0 bridgehead atoms. The maximum atomic E-state index is 15.0. The van der Waals surface area contributed by atoms with E-state index in [0.29, 0.717) is 12.1 Å². The molecule has 0 radical (unpaired) electrons. The van der Waals surface area contributed by atoms with Gasteiger partial charge < -0.3 is 10.4 Å². The van der Waals surface area contributed by atoms with Crippen LogP contribution in [0, 0.1) is 0 Å². The van der Waals surface area contributed by atoms with Gasteiger partial charge in [0.2, 0.25) is 0 Å². The van der Waals surface area contributed by atoms with Crippen LogP contribution in [0.5, 0.6) is 0 Å². The third kappa shape index (κ3) is 9.79. The van der Waals surface area contributed by atoms with E-state index in [-0.39, 0.29) is 17.2 Å². The molecule has 242 valence electrons. The molecule has 2 rings (SSSR count). The number of halogens is 13. The topological polar surface area (TPSA) is 98.7 Å². The number of hydrogen-bond acceptors (Lipinski definition) is 3. The molecule has 2 atom stereocenters. The molecule has 0 saturated carbocycles. The average molecular weight is 707 g/mol. The monoisotopic (exact) mass is 705 g/mol. The van der Waals surface area contributed by atoms with Crippen molar-refractivity contribution in [3.63, 3.8) is 0 Å². The number of hydrazine groups is 1. The molecule has 3 amide bonds. The van der Waals surface area contributed by atoms with Crippen LogP contribution >= 0.6 is 34.8 Å². The van der Waals surface area contributed by atoms with E-state index in [2.05, 4.69) is 0 Å². The summed E-state index contributed by atoms with van der Waals surface area (Å²) in [7, 11) is 0. The number of carbonyl (C=O) groups is 3. The molecule has 1 unspecified atom stereocenters. The summed E-state index contributed by atoms with van der Waals surface area (Å²) in [5, 5.41) is 8.70. The molecule has 0 aliphatic carbocycles. The van der Waals surface area contributed by atoms with Crippen LogP contribution in [-0.4, -0.2) is 53.0 Å². The van der Waals surface area contributed by atoms with E-state index < -0.39 is 98.1 Å². The summed E-state index contributed by atoms with van der Waals surface area (Å²) in [6.07, 6.45) is -18.0. The van der Waals surface area contributed by atoms with E-state index in [4.69, 9.17) is 39.9 Å². The summed E-state index contributed by atoms with van der Waals surface area (Å²) in [6.45, 7) is -1.44. The van der Waals surface area contributed by atoms with Crippen LogP contribution in [0.3, 0.4) is 0 Å². The lowest BCUT2D eigenvalue weighted by Gasteiger charge is -2.26. The zero-order valence-electron chi connectivity index (χ0n) is 21.4. The number of carboxylic acid groups (broad SMARTS) is 1. The fourth-order valence-corrected chi connectivity index (χ4v) is 4.15. The van der Waals surface area contributed by atoms with E-state index in [1.165, 1.54) is 0 Å². The highest BCUT2D eigenvalue weighted by Crippen LogP contribution is 2.43. The number of amides is 3. The van der Waals surface area contributed by atoms with Crippen molar-refractivity contribution in [3.8, 4) is 0 Å². The van der Waals surface area contributed by atoms with E-state index in [0.717, 1.165) is 24.5 Å². The van der Waals surface area contributed by atoms with Gasteiger partial charge in [-0.3, -0.25) is 9.59 Å². The molecule has 7 nitrogen and oxygen atoms in total. The molecule has 2 aromatic rings. The number of alkyl halides is 9. The van der Waals surface area contributed by atoms with Gasteiger partial charge in [0.15, 0.2) is 0 Å². The molecule has 0 fully saturated rings. The normalized spacial score (nSPS) is 14.1. The zero-order chi connectivity index (χ0) is 33.9. The van der Waals surface area contributed by atoms with Crippen LogP contribution < -0.4 is 10.7 Å². The Morgan fingerprint density at radius 3 is 1.95 bits per heavy atom. The largest absolute Gasteiger partial charge is 0.464 e. The standard InChI is InChI=1S/C24H16Cl3F10N3O4/c1-9(20(42)40(39-21(43)44)8-22(29,30)31)38-19(41)12-3-2-10(4-14(12)24(35,36)37)17(28)7-13(23(32,33)34)11-5-15(25)18(27)16(26)6-11/h2-7,9,13,39H,8H2,1H3,(H,38,41)(H,43,44)/b17-7-/t9-,13?/m1/s1. The maximum Gasteiger partial charge on any atom is 0.423 e. The van der Waals surface area contributed by atoms with Crippen molar-refractivity contribution in [2.24, 2.45) is 0 Å². The predicted octanol–water partition coefficient (Wildman–Crippen LogP) is 8.01. The van der Waals surface area contributed by atoms with Crippen LogP contribution in [0.4, 0.5) is 48.7 Å². The summed E-state index contributed by atoms with van der Waals surface area (Å²) in [6, 6.07) is 0.233. The van der Waals surface area contributed by atoms with Gasteiger partial charge in [-0.15, -0.1) is 0 Å². The third-order valence-corrected chi connectivity index (χ3v) is 6.63. The highest BCUT2D eigenvalue weighted by Gasteiger charge is 2.41. The molecule has 0 aromatic heterocycles. The van der Waals surface area contributed by atoms with Gasteiger partial charge >= 0.3 is 24.6 Å². The lowest BCUT2D eigenvalue weighted by molar-refractivity contribution is -0.166. The summed E-state index contributed by atoms with van der Waals surface area (Å²) in [4.78, 5) is 35.6. The Morgan fingerprint density at radius 1 is 0.955 bits per heavy atom. The van der Waals surface area contributed by atoms with Gasteiger partial charge in [-0.05, 0) is 42.8 Å². The highest BCUT2D eigenvalue weighted by molar-refractivity contribution is 6.48. The number of allylic oxidation sites excluding steroid dienone is 1. The van der Waals surface area contributed by atoms with Gasteiger partial charge in [-0.25, -0.2) is 19.6 Å². The van der Waals surface area contributed by atoms with Crippen molar-refractivity contribution in [2.75, 3.05) is 6.54 Å². The highest BCUT2D eigenvalue weighted by atomic mass is 35.5. The minimum Gasteiger partial charge on any atom is -0.464 e. The molecule has 0 aliphatic rings. The minimum atomic E-state index is -5.44. The van der Waals surface area contributed by atoms with Crippen molar-refractivity contribution in [2.45, 2.75) is 37.4 Å². The van der Waals surface area contributed by atoms with Crippen LogP contribution in [-0.2, 0) is 11.0 Å². The number of benzene rings is 2. The maximum absolute atomic E-state index is 15.0. The quantitative estimate of drug-likeness (QED) is 0.154. The SMILES string of the molecule is C[C@@H](NC(=O)c1ccc(/C(F)=C/C(c2cc(Cl)c(Cl)c(Cl)c2)C(F)(F)F)cc1C(F)(F)F)C(=O)N(CC(F)(F)F)NC(=O)O. The molecule has 0 heterocycles. The molecule has 2 aromatic carbocycles. The predicted molar refractivity (Wildman–Crippen MR) is 137 cm³/mol. The van der Waals surface area contributed by atoms with Crippen LogP contribution in [0.25, 0.3) is 5.83 Å². The second kappa shape index (κ2) is 13.7. The Balaban J connectivity index is 2.48. The fourth-order valence-electron chi connectivity index (χ4n) is 3.54. The Hall–Kier alpha value is -3.44. The van der Waals surface area contributed by atoms with E-state index >= 15 is 4.39 Å². The molecule has 44 heavy (non-hydrogen) atoms. The molecule has 0 spiro atoms. The summed E-state index contributed by atoms with van der Waals surface area (Å²) >= 11 is 17.2. The van der Waals surface area contributed by atoms with Crippen molar-refractivity contribution < 1.29 is 63.4 Å². The van der Waals surface area contributed by atoms with Crippen LogP contribution in [0.15, 0.2) is 36.4 Å². The fraction of sp³-hybridized carbons (Fsp3) is 0.292. The number of hydrogen-bond donors (Lipinski definition) is 3. The first kappa shape index (κ1) is 36.8. The number of rotatable bonds is 7. The van der Waals surface area contributed by atoms with Crippen molar-refractivity contribution in [1.82, 2.24) is 15.8 Å². The number of carbonyl (C=O) groups excluding carboxylic acids is 2. The Morgan fingerprint density at radius 2 is 1.50 bits per heavy atom. The number of nitrogens with one attached hydrogen (secondary N) is 2. The van der Waals surface area contributed by atoms with Gasteiger partial charge in [-0.1, -0.05) is 40.9 Å². The van der Waals surface area contributed by atoms with Crippen molar-refractivity contribution in [3.05, 3.63) is 73.7 Å². The summed E-state index contributed by atoms with van der Waals surface area (Å²) in [5.41, 5.74) is -3.85. The van der Waals surface area contributed by atoms with E-state index in [1.54, 1.807) is 5.32 Å². The first-order valence-corrected chi connectivity index (χ1v) is 12.5. The second-order valence-electron chi connectivity index (χ2n) is 8.74. The average Bonchev–Trinajstić information content (AvgIpc) is 2.86. The van der Waals surface area contributed by atoms with Crippen LogP contribution in [0.2, 0.25) is 15.1 Å². The molecule has 0 saturated heterocycles. The molecular weight excluding hydrogens is 691 g/mol. The first-order valence-electron chi connectivity index (χ1n) is 11.4. The van der Waals surface area contributed by atoms with Crippen molar-refractivity contribution >= 4 is 58.5 Å². The second-order valence-corrected chi connectivity index (χ2v) is 9.93. The summed E-state index contributed by atoms with van der Waals surface area (Å²) in [5.74, 6) is -8.05. The lowest BCUT2D eigenvalue weighted by Crippen LogP contribution is -2.56. The van der Waals surface area contributed by atoms with Gasteiger partial charge in [0, 0.05) is 5.56 Å². The number of nitrogens with zero attached hydrogens (tertiary/aromatic N) is 1. The minimum absolute atomic E-state index is 0.00950. The van der Waals surface area contributed by atoms with Crippen molar-refractivity contribution in [1.29, 1.82) is 0 Å². The molecule has 3 N–H and O–H groups in total. The Bertz CT molecular complexity index is 1440. The molecule has 0 aliphatic heterocycles. The van der Waals surface area contributed by atoms with Crippen LogP contribution in [0.1, 0.15) is 39.9 Å². The van der Waals surface area contributed by atoms with Gasteiger partial charge in [0.05, 0.1) is 26.2 Å².